The Labute approximate surface area is 115 Å². The van der Waals surface area contributed by atoms with Crippen molar-refractivity contribution in [2.24, 2.45) is 0 Å². The van der Waals surface area contributed by atoms with E-state index in [0.29, 0.717) is 6.61 Å². The highest BCUT2D eigenvalue weighted by atomic mass is 16.6. The van der Waals surface area contributed by atoms with Gasteiger partial charge in [0.25, 0.3) is 0 Å². The normalized spacial score (nSPS) is 10.4. The molecule has 0 aromatic heterocycles. The maximum atomic E-state index is 11.5. The van der Waals surface area contributed by atoms with Crippen LogP contribution in [0.2, 0.25) is 0 Å². The van der Waals surface area contributed by atoms with Crippen LogP contribution in [0.5, 0.6) is 5.75 Å². The standard InChI is InChI=1S/C15H23NO3/c1-5-7-12-10-13(8-9-14(12)18-6-2)16-15(17)19-11(3)4/h8-11H,5-7H2,1-4H3,(H,16,17). The maximum absolute atomic E-state index is 11.5. The molecule has 1 N–H and O–H groups in total. The Bertz CT molecular complexity index is 416. The number of ether oxygens (including phenoxy) is 2. The quantitative estimate of drug-likeness (QED) is 0.845. The summed E-state index contributed by atoms with van der Waals surface area (Å²) in [6, 6.07) is 5.65. The van der Waals surface area contributed by atoms with E-state index in [4.69, 9.17) is 9.47 Å². The molecule has 0 spiro atoms. The van der Waals surface area contributed by atoms with Gasteiger partial charge in [-0.1, -0.05) is 13.3 Å². The highest BCUT2D eigenvalue weighted by molar-refractivity contribution is 5.85. The number of carbonyl (C=O) groups is 1. The highest BCUT2D eigenvalue weighted by Crippen LogP contribution is 2.24. The summed E-state index contributed by atoms with van der Waals surface area (Å²) in [4.78, 5) is 11.5. The summed E-state index contributed by atoms with van der Waals surface area (Å²) in [6.45, 7) is 8.35. The van der Waals surface area contributed by atoms with Crippen molar-refractivity contribution in [1.82, 2.24) is 0 Å². The van der Waals surface area contributed by atoms with Crippen LogP contribution in [0.3, 0.4) is 0 Å². The van der Waals surface area contributed by atoms with Gasteiger partial charge in [-0.05, 0) is 51.0 Å². The second-order valence-electron chi connectivity index (χ2n) is 4.58. The van der Waals surface area contributed by atoms with Crippen LogP contribution in [0.15, 0.2) is 18.2 Å². The lowest BCUT2D eigenvalue weighted by molar-refractivity contribution is 0.130. The molecule has 4 heteroatoms. The van der Waals surface area contributed by atoms with Crippen LogP contribution in [0.25, 0.3) is 0 Å². The van der Waals surface area contributed by atoms with Crippen molar-refractivity contribution in [2.75, 3.05) is 11.9 Å². The zero-order chi connectivity index (χ0) is 14.3. The van der Waals surface area contributed by atoms with E-state index in [1.165, 1.54) is 0 Å². The number of nitrogens with one attached hydrogen (secondary N) is 1. The molecule has 0 unspecified atom stereocenters. The van der Waals surface area contributed by atoms with Gasteiger partial charge < -0.3 is 9.47 Å². The maximum Gasteiger partial charge on any atom is 0.411 e. The van der Waals surface area contributed by atoms with Gasteiger partial charge >= 0.3 is 6.09 Å². The number of hydrogen-bond acceptors (Lipinski definition) is 3. The average Bonchev–Trinajstić information content (AvgIpc) is 2.32. The third kappa shape index (κ3) is 5.20. The van der Waals surface area contributed by atoms with E-state index in [0.717, 1.165) is 29.8 Å². The third-order valence-corrected chi connectivity index (χ3v) is 2.47. The van der Waals surface area contributed by atoms with Crippen LogP contribution in [0, 0.1) is 0 Å². The largest absolute Gasteiger partial charge is 0.494 e. The Balaban J connectivity index is 2.79. The Hall–Kier alpha value is -1.71. The van der Waals surface area contributed by atoms with E-state index in [1.54, 1.807) is 0 Å². The highest BCUT2D eigenvalue weighted by Gasteiger charge is 2.08. The minimum Gasteiger partial charge on any atom is -0.494 e. The predicted octanol–water partition coefficient (Wildman–Crippen LogP) is 3.99. The summed E-state index contributed by atoms with van der Waals surface area (Å²) in [6.07, 6.45) is 1.39. The van der Waals surface area contributed by atoms with Crippen LogP contribution >= 0.6 is 0 Å². The van der Waals surface area contributed by atoms with Gasteiger partial charge in [0.05, 0.1) is 12.7 Å². The molecule has 0 bridgehead atoms. The molecule has 1 aromatic carbocycles. The first kappa shape index (κ1) is 15.3. The second kappa shape index (κ2) is 7.67. The lowest BCUT2D eigenvalue weighted by atomic mass is 10.1. The lowest BCUT2D eigenvalue weighted by Gasteiger charge is -2.13. The summed E-state index contributed by atoms with van der Waals surface area (Å²) < 4.78 is 10.6. The zero-order valence-corrected chi connectivity index (χ0v) is 12.2. The topological polar surface area (TPSA) is 47.6 Å². The first-order valence-electron chi connectivity index (χ1n) is 6.80. The van der Waals surface area contributed by atoms with Crippen LogP contribution in [0.1, 0.15) is 39.7 Å². The molecule has 0 aliphatic heterocycles. The predicted molar refractivity (Wildman–Crippen MR) is 76.8 cm³/mol. The third-order valence-electron chi connectivity index (χ3n) is 2.47. The minimum absolute atomic E-state index is 0.127. The Morgan fingerprint density at radius 3 is 2.63 bits per heavy atom. The van der Waals surface area contributed by atoms with Crippen molar-refractivity contribution in [3.8, 4) is 5.75 Å². The van der Waals surface area contributed by atoms with Gasteiger partial charge in [-0.2, -0.15) is 0 Å². The molecule has 0 saturated carbocycles. The van der Waals surface area contributed by atoms with Gasteiger partial charge in [-0.3, -0.25) is 5.32 Å². The van der Waals surface area contributed by atoms with Crippen molar-refractivity contribution >= 4 is 11.8 Å². The van der Waals surface area contributed by atoms with Crippen LogP contribution in [-0.2, 0) is 11.2 Å². The van der Waals surface area contributed by atoms with Gasteiger partial charge in [0.2, 0.25) is 0 Å². The summed E-state index contributed by atoms with van der Waals surface area (Å²) in [5, 5.41) is 2.72. The average molecular weight is 265 g/mol. The molecule has 1 amide bonds. The van der Waals surface area contributed by atoms with Gasteiger partial charge in [-0.25, -0.2) is 4.79 Å². The molecule has 0 fully saturated rings. The van der Waals surface area contributed by atoms with Gasteiger partial charge in [0.1, 0.15) is 5.75 Å². The molecule has 0 radical (unpaired) electrons. The van der Waals surface area contributed by atoms with E-state index in [9.17, 15) is 4.79 Å². The lowest BCUT2D eigenvalue weighted by Crippen LogP contribution is -2.18. The van der Waals surface area contributed by atoms with E-state index >= 15 is 0 Å². The van der Waals surface area contributed by atoms with Crippen molar-refractivity contribution < 1.29 is 14.3 Å². The smallest absolute Gasteiger partial charge is 0.411 e. The number of hydrogen-bond donors (Lipinski definition) is 1. The molecule has 0 atom stereocenters. The molecule has 4 nitrogen and oxygen atoms in total. The molecule has 1 aromatic rings. The minimum atomic E-state index is -0.429. The molecule has 0 heterocycles. The molecule has 106 valence electrons. The molecule has 0 aliphatic rings. The molecule has 0 saturated heterocycles. The fraction of sp³-hybridized carbons (Fsp3) is 0.533. The summed E-state index contributed by atoms with van der Waals surface area (Å²) in [5.41, 5.74) is 1.84. The SMILES string of the molecule is CCCc1cc(NC(=O)OC(C)C)ccc1OCC. The monoisotopic (exact) mass is 265 g/mol. The summed E-state index contributed by atoms with van der Waals surface area (Å²) in [7, 11) is 0. The first-order valence-corrected chi connectivity index (χ1v) is 6.80. The molecular weight excluding hydrogens is 242 g/mol. The van der Waals surface area contributed by atoms with E-state index in [2.05, 4.69) is 12.2 Å². The number of benzene rings is 1. The van der Waals surface area contributed by atoms with Crippen LogP contribution in [-0.4, -0.2) is 18.8 Å². The van der Waals surface area contributed by atoms with Crippen LogP contribution < -0.4 is 10.1 Å². The van der Waals surface area contributed by atoms with Crippen molar-refractivity contribution in [3.63, 3.8) is 0 Å². The van der Waals surface area contributed by atoms with Gasteiger partial charge in [0, 0.05) is 5.69 Å². The molecule has 0 aliphatic carbocycles. The number of aryl methyl sites for hydroxylation is 1. The molecule has 1 rings (SSSR count). The number of rotatable bonds is 6. The molecule has 19 heavy (non-hydrogen) atoms. The molecular formula is C15H23NO3. The summed E-state index contributed by atoms with van der Waals surface area (Å²) >= 11 is 0. The first-order chi connectivity index (χ1) is 9.06. The number of anilines is 1. The van der Waals surface area contributed by atoms with Gasteiger partial charge in [0.15, 0.2) is 0 Å². The fourth-order valence-electron chi connectivity index (χ4n) is 1.78. The summed E-state index contributed by atoms with van der Waals surface area (Å²) in [5.74, 6) is 0.882. The Morgan fingerprint density at radius 2 is 2.05 bits per heavy atom. The van der Waals surface area contributed by atoms with Crippen molar-refractivity contribution in [1.29, 1.82) is 0 Å². The van der Waals surface area contributed by atoms with E-state index < -0.39 is 6.09 Å². The van der Waals surface area contributed by atoms with Crippen molar-refractivity contribution in [3.05, 3.63) is 23.8 Å². The fourth-order valence-corrected chi connectivity index (χ4v) is 1.78. The van der Waals surface area contributed by atoms with Crippen LogP contribution in [0.4, 0.5) is 10.5 Å². The van der Waals surface area contributed by atoms with E-state index in [1.807, 2.05) is 39.0 Å². The van der Waals surface area contributed by atoms with Gasteiger partial charge in [-0.15, -0.1) is 0 Å². The number of carbonyl (C=O) groups excluding carboxylic acids is 1. The Kier molecular flexibility index (Phi) is 6.19. The van der Waals surface area contributed by atoms with Crippen molar-refractivity contribution in [2.45, 2.75) is 46.6 Å². The Morgan fingerprint density at radius 1 is 1.32 bits per heavy atom. The second-order valence-corrected chi connectivity index (χ2v) is 4.58. The van der Waals surface area contributed by atoms with E-state index in [-0.39, 0.29) is 6.10 Å². The zero-order valence-electron chi connectivity index (χ0n) is 12.2. The number of amides is 1.